The number of hydrogen-bond donors (Lipinski definition) is 1. The van der Waals surface area contributed by atoms with Crippen LogP contribution >= 0.6 is 0 Å². The number of rotatable bonds is 3. The second-order valence-corrected chi connectivity index (χ2v) is 5.27. The summed E-state index contributed by atoms with van der Waals surface area (Å²) in [6.45, 7) is 7.23. The van der Waals surface area contributed by atoms with E-state index in [1.54, 1.807) is 0 Å². The predicted molar refractivity (Wildman–Crippen MR) is 55.6 cm³/mol. The highest BCUT2D eigenvalue weighted by molar-refractivity contribution is 4.92. The van der Waals surface area contributed by atoms with Crippen molar-refractivity contribution in [1.29, 1.82) is 0 Å². The van der Waals surface area contributed by atoms with Crippen LogP contribution in [0.25, 0.3) is 0 Å². The Bertz CT molecular complexity index is 167. The number of hydrogen-bond acceptors (Lipinski definition) is 2. The van der Waals surface area contributed by atoms with Gasteiger partial charge >= 0.3 is 0 Å². The van der Waals surface area contributed by atoms with Crippen molar-refractivity contribution in [1.82, 2.24) is 4.90 Å². The molecule has 2 aliphatic rings. The maximum Gasteiger partial charge on any atom is 0.00353 e. The lowest BCUT2D eigenvalue weighted by atomic mass is 9.96. The van der Waals surface area contributed by atoms with Crippen molar-refractivity contribution in [3.63, 3.8) is 0 Å². The zero-order chi connectivity index (χ0) is 9.31. The lowest BCUT2D eigenvalue weighted by Crippen LogP contribution is -2.38. The van der Waals surface area contributed by atoms with Crippen LogP contribution in [0.15, 0.2) is 0 Å². The second-order valence-electron chi connectivity index (χ2n) is 5.27. The topological polar surface area (TPSA) is 29.3 Å². The van der Waals surface area contributed by atoms with Crippen molar-refractivity contribution in [2.45, 2.75) is 32.6 Å². The minimum absolute atomic E-state index is 0.690. The van der Waals surface area contributed by atoms with Gasteiger partial charge in [-0.15, -0.1) is 0 Å². The van der Waals surface area contributed by atoms with Gasteiger partial charge in [-0.2, -0.15) is 0 Å². The van der Waals surface area contributed by atoms with Crippen molar-refractivity contribution >= 4 is 0 Å². The molecule has 1 heterocycles. The van der Waals surface area contributed by atoms with Crippen LogP contribution in [0.1, 0.15) is 32.6 Å². The number of nitrogens with two attached hydrogens (primary N) is 1. The average Bonchev–Trinajstić information content (AvgIpc) is 2.85. The Morgan fingerprint density at radius 2 is 1.92 bits per heavy atom. The van der Waals surface area contributed by atoms with Crippen molar-refractivity contribution in [2.75, 3.05) is 26.2 Å². The van der Waals surface area contributed by atoms with Crippen LogP contribution in [0.2, 0.25) is 0 Å². The third-order valence-corrected chi connectivity index (χ3v) is 3.75. The van der Waals surface area contributed by atoms with Gasteiger partial charge in [0.2, 0.25) is 0 Å². The molecule has 76 valence electrons. The first kappa shape index (κ1) is 9.47. The predicted octanol–water partition coefficient (Wildman–Crippen LogP) is 1.46. The van der Waals surface area contributed by atoms with E-state index in [9.17, 15) is 0 Å². The first-order valence-corrected chi connectivity index (χ1v) is 5.64. The maximum atomic E-state index is 5.67. The highest BCUT2D eigenvalue weighted by Gasteiger charge is 2.39. The monoisotopic (exact) mass is 182 g/mol. The molecule has 2 rings (SSSR count). The van der Waals surface area contributed by atoms with E-state index in [2.05, 4.69) is 11.8 Å². The molecule has 0 amide bonds. The van der Waals surface area contributed by atoms with E-state index in [1.165, 1.54) is 45.3 Å². The first-order chi connectivity index (χ1) is 6.22. The molecule has 0 bridgehead atoms. The van der Waals surface area contributed by atoms with Crippen LogP contribution in [0, 0.1) is 11.3 Å². The Morgan fingerprint density at radius 1 is 1.31 bits per heavy atom. The summed E-state index contributed by atoms with van der Waals surface area (Å²) in [5.41, 5.74) is 6.36. The maximum absolute atomic E-state index is 5.67. The molecule has 1 saturated heterocycles. The van der Waals surface area contributed by atoms with Gasteiger partial charge in [0.1, 0.15) is 0 Å². The van der Waals surface area contributed by atoms with Crippen LogP contribution in [0.3, 0.4) is 0 Å². The van der Waals surface area contributed by atoms with Crippen LogP contribution in [0.5, 0.6) is 0 Å². The molecule has 1 aliphatic heterocycles. The van der Waals surface area contributed by atoms with E-state index in [0.717, 1.165) is 12.5 Å². The molecule has 1 aliphatic carbocycles. The lowest BCUT2D eigenvalue weighted by molar-refractivity contribution is 0.161. The molecule has 0 radical (unpaired) electrons. The van der Waals surface area contributed by atoms with Gasteiger partial charge in [-0.05, 0) is 56.7 Å². The fourth-order valence-corrected chi connectivity index (χ4v) is 2.29. The van der Waals surface area contributed by atoms with E-state index in [-0.39, 0.29) is 0 Å². The van der Waals surface area contributed by atoms with Crippen molar-refractivity contribution in [3.05, 3.63) is 0 Å². The number of piperidine rings is 1. The van der Waals surface area contributed by atoms with E-state index in [4.69, 9.17) is 5.73 Å². The van der Waals surface area contributed by atoms with E-state index in [0.29, 0.717) is 5.41 Å². The molecule has 0 atom stereocenters. The van der Waals surface area contributed by atoms with Gasteiger partial charge < -0.3 is 10.6 Å². The Labute approximate surface area is 81.5 Å². The van der Waals surface area contributed by atoms with Crippen molar-refractivity contribution < 1.29 is 0 Å². The molecular formula is C11H22N2. The molecule has 2 heteroatoms. The molecule has 0 spiro atoms. The van der Waals surface area contributed by atoms with Gasteiger partial charge in [0.25, 0.3) is 0 Å². The van der Waals surface area contributed by atoms with Gasteiger partial charge in [-0.1, -0.05) is 6.92 Å². The van der Waals surface area contributed by atoms with E-state index in [1.807, 2.05) is 0 Å². The van der Waals surface area contributed by atoms with Crippen LogP contribution in [-0.4, -0.2) is 31.1 Å². The highest BCUT2D eigenvalue weighted by atomic mass is 15.1. The molecule has 1 saturated carbocycles. The molecule has 0 aromatic carbocycles. The van der Waals surface area contributed by atoms with Crippen molar-refractivity contribution in [3.8, 4) is 0 Å². The summed E-state index contributed by atoms with van der Waals surface area (Å²) in [6, 6.07) is 0. The minimum atomic E-state index is 0.690. The van der Waals surface area contributed by atoms with Crippen molar-refractivity contribution in [2.24, 2.45) is 17.1 Å². The summed E-state index contributed by atoms with van der Waals surface area (Å²) in [6.07, 6.45) is 5.55. The summed E-state index contributed by atoms with van der Waals surface area (Å²) in [7, 11) is 0. The Hall–Kier alpha value is -0.0800. The molecule has 2 N–H and O–H groups in total. The molecule has 0 unspecified atom stereocenters. The SMILES string of the molecule is CC1(CN2CCC(CN)CC2)CC1. The Morgan fingerprint density at radius 3 is 2.38 bits per heavy atom. The molecule has 13 heavy (non-hydrogen) atoms. The van der Waals surface area contributed by atoms with Gasteiger partial charge in [-0.25, -0.2) is 0 Å². The zero-order valence-corrected chi connectivity index (χ0v) is 8.76. The summed E-state index contributed by atoms with van der Waals surface area (Å²) < 4.78 is 0. The smallest absolute Gasteiger partial charge is 0.00353 e. The molecule has 2 nitrogen and oxygen atoms in total. The highest BCUT2D eigenvalue weighted by Crippen LogP contribution is 2.45. The van der Waals surface area contributed by atoms with Gasteiger partial charge in [-0.3, -0.25) is 0 Å². The van der Waals surface area contributed by atoms with Crippen LogP contribution in [-0.2, 0) is 0 Å². The zero-order valence-electron chi connectivity index (χ0n) is 8.76. The van der Waals surface area contributed by atoms with Crippen LogP contribution in [0.4, 0.5) is 0 Å². The van der Waals surface area contributed by atoms with E-state index < -0.39 is 0 Å². The summed E-state index contributed by atoms with van der Waals surface area (Å²) in [5.74, 6) is 0.809. The summed E-state index contributed by atoms with van der Waals surface area (Å²) in [5, 5.41) is 0. The Balaban J connectivity index is 1.72. The fourth-order valence-electron chi connectivity index (χ4n) is 2.29. The Kier molecular flexibility index (Phi) is 2.61. The van der Waals surface area contributed by atoms with Gasteiger partial charge in [0, 0.05) is 6.54 Å². The van der Waals surface area contributed by atoms with Gasteiger partial charge in [0.05, 0.1) is 0 Å². The third kappa shape index (κ3) is 2.44. The largest absolute Gasteiger partial charge is 0.330 e. The third-order valence-electron chi connectivity index (χ3n) is 3.75. The standard InChI is InChI=1S/C11H22N2/c1-11(4-5-11)9-13-6-2-10(8-12)3-7-13/h10H,2-9,12H2,1H3. The average molecular weight is 182 g/mol. The molecule has 0 aromatic heterocycles. The summed E-state index contributed by atoms with van der Waals surface area (Å²) >= 11 is 0. The van der Waals surface area contributed by atoms with E-state index >= 15 is 0 Å². The molecule has 2 fully saturated rings. The van der Waals surface area contributed by atoms with Crippen LogP contribution < -0.4 is 5.73 Å². The first-order valence-electron chi connectivity index (χ1n) is 5.64. The normalized spacial score (nSPS) is 29.1. The number of nitrogens with zero attached hydrogens (tertiary/aromatic N) is 1. The second kappa shape index (κ2) is 3.58. The van der Waals surface area contributed by atoms with Gasteiger partial charge in [0.15, 0.2) is 0 Å². The summed E-state index contributed by atoms with van der Waals surface area (Å²) in [4.78, 5) is 2.64. The molecule has 0 aromatic rings. The minimum Gasteiger partial charge on any atom is -0.330 e. The quantitative estimate of drug-likeness (QED) is 0.716. The molecular weight excluding hydrogens is 160 g/mol. The number of likely N-dealkylation sites (tertiary alicyclic amines) is 1. The lowest BCUT2D eigenvalue weighted by Gasteiger charge is -2.33. The fraction of sp³-hybridized carbons (Fsp3) is 1.00.